The highest BCUT2D eigenvalue weighted by Gasteiger charge is 2.21. The highest BCUT2D eigenvalue weighted by molar-refractivity contribution is 7.93. The maximum Gasteiger partial charge on any atom is 0.117 e. The second kappa shape index (κ2) is 4.97. The molecule has 2 N–H and O–H groups in total. The number of nitrogens with zero attached hydrogens (tertiary/aromatic N) is 1. The Kier molecular flexibility index (Phi) is 4.10. The first kappa shape index (κ1) is 13.2. The molecule has 4 heteroatoms. The fourth-order valence-corrected chi connectivity index (χ4v) is 3.17. The molecule has 0 saturated heterocycles. The lowest BCUT2D eigenvalue weighted by atomic mass is 10.1. The Morgan fingerprint density at radius 1 is 1.25 bits per heavy atom. The lowest BCUT2D eigenvalue weighted by molar-refractivity contribution is 0.419. The average Bonchev–Trinajstić information content (AvgIpc) is 2.29. The van der Waals surface area contributed by atoms with Crippen LogP contribution in [0.3, 0.4) is 0 Å². The fourth-order valence-electron chi connectivity index (χ4n) is 1.45. The standard InChI is InChI=1S/C12H20N2OS/c1-4-12(13,5-2)14-16(3,15)11-9-7-6-8-10-11/h6-10H,4-5,13H2,1-3H3. The summed E-state index contributed by atoms with van der Waals surface area (Å²) in [5.41, 5.74) is 5.40. The zero-order valence-corrected chi connectivity index (χ0v) is 11.0. The summed E-state index contributed by atoms with van der Waals surface area (Å²) in [6.45, 7) is 3.93. The molecule has 1 atom stereocenters. The van der Waals surface area contributed by atoms with E-state index in [4.69, 9.17) is 5.73 Å². The van der Waals surface area contributed by atoms with Crippen molar-refractivity contribution in [3.05, 3.63) is 30.3 Å². The number of benzene rings is 1. The van der Waals surface area contributed by atoms with Gasteiger partial charge in [-0.05, 0) is 25.0 Å². The first-order valence-corrected chi connectivity index (χ1v) is 7.43. The minimum absolute atomic E-state index is 0.679. The third-order valence-electron chi connectivity index (χ3n) is 2.76. The molecule has 0 radical (unpaired) electrons. The van der Waals surface area contributed by atoms with E-state index in [1.807, 2.05) is 44.2 Å². The third-order valence-corrected chi connectivity index (χ3v) is 4.62. The van der Waals surface area contributed by atoms with Crippen molar-refractivity contribution in [1.29, 1.82) is 0 Å². The van der Waals surface area contributed by atoms with Crippen LogP contribution in [0.25, 0.3) is 0 Å². The molecule has 16 heavy (non-hydrogen) atoms. The Bertz CT molecular complexity index is 443. The van der Waals surface area contributed by atoms with Crippen LogP contribution in [-0.2, 0) is 9.73 Å². The topological polar surface area (TPSA) is 55.4 Å². The van der Waals surface area contributed by atoms with Crippen molar-refractivity contribution in [2.75, 3.05) is 6.26 Å². The number of rotatable bonds is 4. The Morgan fingerprint density at radius 3 is 2.19 bits per heavy atom. The molecule has 0 spiro atoms. The van der Waals surface area contributed by atoms with Gasteiger partial charge in [0.15, 0.2) is 0 Å². The molecule has 1 rings (SSSR count). The monoisotopic (exact) mass is 240 g/mol. The Labute approximate surface area is 98.2 Å². The molecular weight excluding hydrogens is 220 g/mol. The highest BCUT2D eigenvalue weighted by Crippen LogP contribution is 2.19. The summed E-state index contributed by atoms with van der Waals surface area (Å²) in [4.78, 5) is 0.742. The van der Waals surface area contributed by atoms with Crippen LogP contribution in [0.4, 0.5) is 0 Å². The van der Waals surface area contributed by atoms with Crippen molar-refractivity contribution in [2.45, 2.75) is 37.2 Å². The Balaban J connectivity index is 3.21. The van der Waals surface area contributed by atoms with Crippen LogP contribution in [0.1, 0.15) is 26.7 Å². The van der Waals surface area contributed by atoms with E-state index in [0.29, 0.717) is 12.8 Å². The molecule has 0 aliphatic heterocycles. The quantitative estimate of drug-likeness (QED) is 0.879. The van der Waals surface area contributed by atoms with E-state index in [1.165, 1.54) is 0 Å². The minimum Gasteiger partial charge on any atom is -0.307 e. The van der Waals surface area contributed by atoms with Crippen molar-refractivity contribution in [3.63, 3.8) is 0 Å². The molecular formula is C12H20N2OS. The van der Waals surface area contributed by atoms with Gasteiger partial charge in [0.25, 0.3) is 0 Å². The molecule has 0 fully saturated rings. The molecule has 0 aromatic heterocycles. The van der Waals surface area contributed by atoms with Gasteiger partial charge in [0.2, 0.25) is 0 Å². The van der Waals surface area contributed by atoms with Crippen LogP contribution >= 0.6 is 0 Å². The summed E-state index contributed by atoms with van der Waals surface area (Å²) in [6.07, 6.45) is 3.04. The minimum atomic E-state index is -2.39. The molecule has 0 aliphatic rings. The van der Waals surface area contributed by atoms with E-state index in [0.717, 1.165) is 4.90 Å². The van der Waals surface area contributed by atoms with Crippen LogP contribution in [0.15, 0.2) is 39.6 Å². The van der Waals surface area contributed by atoms with E-state index in [1.54, 1.807) is 6.26 Å². The molecule has 1 unspecified atom stereocenters. The summed E-state index contributed by atoms with van der Waals surface area (Å²) < 4.78 is 16.8. The zero-order chi connectivity index (χ0) is 12.2. The summed E-state index contributed by atoms with van der Waals surface area (Å²) in [5, 5.41) is 0. The fraction of sp³-hybridized carbons (Fsp3) is 0.500. The maximum absolute atomic E-state index is 12.5. The molecule has 1 aromatic rings. The SMILES string of the molecule is CCC(N)(CC)N=S(C)(=O)c1ccccc1. The first-order valence-electron chi connectivity index (χ1n) is 5.51. The Morgan fingerprint density at radius 2 is 1.75 bits per heavy atom. The molecule has 0 aliphatic carbocycles. The highest BCUT2D eigenvalue weighted by atomic mass is 32.2. The molecule has 0 bridgehead atoms. The van der Waals surface area contributed by atoms with E-state index >= 15 is 0 Å². The van der Waals surface area contributed by atoms with E-state index in [-0.39, 0.29) is 0 Å². The smallest absolute Gasteiger partial charge is 0.117 e. The Hall–Kier alpha value is -0.870. The summed E-state index contributed by atoms with van der Waals surface area (Å²) in [7, 11) is -2.39. The van der Waals surface area contributed by atoms with Gasteiger partial charge in [0.1, 0.15) is 5.66 Å². The van der Waals surface area contributed by atoms with Crippen molar-refractivity contribution in [1.82, 2.24) is 0 Å². The van der Waals surface area contributed by atoms with Gasteiger partial charge in [0, 0.05) is 11.2 Å². The van der Waals surface area contributed by atoms with Gasteiger partial charge in [-0.3, -0.25) is 0 Å². The van der Waals surface area contributed by atoms with Crippen LogP contribution in [0, 0.1) is 0 Å². The molecule has 3 nitrogen and oxygen atoms in total. The summed E-state index contributed by atoms with van der Waals surface area (Å²) >= 11 is 0. The molecule has 90 valence electrons. The molecule has 1 aromatic carbocycles. The second-order valence-corrected chi connectivity index (χ2v) is 6.28. The predicted molar refractivity (Wildman–Crippen MR) is 68.7 cm³/mol. The average molecular weight is 240 g/mol. The van der Waals surface area contributed by atoms with E-state index < -0.39 is 15.4 Å². The maximum atomic E-state index is 12.5. The summed E-state index contributed by atoms with van der Waals surface area (Å²) in [6, 6.07) is 9.29. The second-order valence-electron chi connectivity index (χ2n) is 4.02. The summed E-state index contributed by atoms with van der Waals surface area (Å²) in [5.74, 6) is 0. The van der Waals surface area contributed by atoms with Gasteiger partial charge < -0.3 is 5.73 Å². The largest absolute Gasteiger partial charge is 0.307 e. The molecule has 0 saturated carbocycles. The number of nitrogens with two attached hydrogens (primary N) is 1. The van der Waals surface area contributed by atoms with Gasteiger partial charge in [-0.1, -0.05) is 32.0 Å². The van der Waals surface area contributed by atoms with E-state index in [2.05, 4.69) is 4.36 Å². The first-order chi connectivity index (χ1) is 7.43. The van der Waals surface area contributed by atoms with Crippen molar-refractivity contribution < 1.29 is 4.21 Å². The van der Waals surface area contributed by atoms with Gasteiger partial charge in [-0.15, -0.1) is 0 Å². The van der Waals surface area contributed by atoms with Crippen LogP contribution in [0.5, 0.6) is 0 Å². The van der Waals surface area contributed by atoms with Gasteiger partial charge in [0.05, 0.1) is 9.73 Å². The third kappa shape index (κ3) is 3.06. The van der Waals surface area contributed by atoms with E-state index in [9.17, 15) is 4.21 Å². The zero-order valence-electron chi connectivity index (χ0n) is 10.1. The van der Waals surface area contributed by atoms with Gasteiger partial charge in [-0.25, -0.2) is 8.57 Å². The lowest BCUT2D eigenvalue weighted by Crippen LogP contribution is -2.37. The van der Waals surface area contributed by atoms with Gasteiger partial charge >= 0.3 is 0 Å². The number of hydrogen-bond donors (Lipinski definition) is 1. The van der Waals surface area contributed by atoms with Crippen LogP contribution in [-0.4, -0.2) is 16.1 Å². The van der Waals surface area contributed by atoms with Crippen molar-refractivity contribution >= 4 is 9.73 Å². The normalized spacial score (nSPS) is 15.5. The van der Waals surface area contributed by atoms with Gasteiger partial charge in [-0.2, -0.15) is 0 Å². The van der Waals surface area contributed by atoms with Crippen LogP contribution < -0.4 is 5.73 Å². The predicted octanol–water partition coefficient (Wildman–Crippen LogP) is 2.62. The van der Waals surface area contributed by atoms with Crippen molar-refractivity contribution in [2.24, 2.45) is 10.1 Å². The number of hydrogen-bond acceptors (Lipinski definition) is 3. The van der Waals surface area contributed by atoms with Crippen LogP contribution in [0.2, 0.25) is 0 Å². The lowest BCUT2D eigenvalue weighted by Gasteiger charge is -2.22. The molecule has 0 amide bonds. The van der Waals surface area contributed by atoms with Crippen molar-refractivity contribution in [3.8, 4) is 0 Å². The molecule has 0 heterocycles.